The van der Waals surface area contributed by atoms with Crippen LogP contribution in [0.25, 0.3) is 0 Å². The molecule has 0 saturated heterocycles. The summed E-state index contributed by atoms with van der Waals surface area (Å²) in [5.41, 5.74) is 2.30. The molecule has 0 unspecified atom stereocenters. The van der Waals surface area contributed by atoms with Gasteiger partial charge in [0.25, 0.3) is 0 Å². The molecule has 0 aliphatic heterocycles. The summed E-state index contributed by atoms with van der Waals surface area (Å²) in [5.74, 6) is -0.0717. The normalized spacial score (nSPS) is 14.8. The topological polar surface area (TPSA) is 96.0 Å². The Balaban J connectivity index is 1.85. The minimum Gasteiger partial charge on any atom is -0.494 e. The van der Waals surface area contributed by atoms with Crippen LogP contribution in [0.3, 0.4) is 0 Å². The summed E-state index contributed by atoms with van der Waals surface area (Å²) in [6.07, 6.45) is 5.10. The molecule has 0 spiro atoms. The third-order valence-electron chi connectivity index (χ3n) is 6.46. The average molecular weight is 516 g/mol. The van der Waals surface area contributed by atoms with Crippen LogP contribution in [0.15, 0.2) is 48.5 Å². The molecule has 0 heterocycles. The van der Waals surface area contributed by atoms with Gasteiger partial charge in [0.05, 0.1) is 18.6 Å². The molecule has 1 saturated carbocycles. The van der Waals surface area contributed by atoms with Gasteiger partial charge in [0.2, 0.25) is 21.8 Å². The lowest BCUT2D eigenvalue weighted by Gasteiger charge is -2.32. The predicted molar refractivity (Wildman–Crippen MR) is 141 cm³/mol. The number of sulfonamides is 1. The lowest BCUT2D eigenvalue weighted by molar-refractivity contribution is -0.139. The molecule has 196 valence electrons. The average Bonchev–Trinajstić information content (AvgIpc) is 3.35. The second kappa shape index (κ2) is 12.3. The maximum absolute atomic E-state index is 13.6. The van der Waals surface area contributed by atoms with Crippen molar-refractivity contribution < 1.29 is 22.7 Å². The molecule has 3 rings (SSSR count). The van der Waals surface area contributed by atoms with Crippen molar-refractivity contribution in [2.24, 2.45) is 0 Å². The van der Waals surface area contributed by atoms with Crippen LogP contribution >= 0.6 is 0 Å². The van der Waals surface area contributed by atoms with Gasteiger partial charge in [-0.15, -0.1) is 0 Å². The van der Waals surface area contributed by atoms with Crippen LogP contribution in [0.1, 0.15) is 50.7 Å². The Labute approximate surface area is 214 Å². The first-order chi connectivity index (χ1) is 17.1. The van der Waals surface area contributed by atoms with E-state index in [1.54, 1.807) is 31.2 Å². The highest BCUT2D eigenvalue weighted by Crippen LogP contribution is 2.23. The zero-order valence-corrected chi connectivity index (χ0v) is 22.4. The van der Waals surface area contributed by atoms with E-state index in [0.717, 1.165) is 47.4 Å². The van der Waals surface area contributed by atoms with Gasteiger partial charge in [-0.1, -0.05) is 42.7 Å². The predicted octanol–water partition coefficient (Wildman–Crippen LogP) is 3.64. The Kier molecular flexibility index (Phi) is 9.37. The molecule has 2 aromatic carbocycles. The molecule has 9 heteroatoms. The largest absolute Gasteiger partial charge is 0.494 e. The van der Waals surface area contributed by atoms with Gasteiger partial charge in [-0.25, -0.2) is 8.42 Å². The van der Waals surface area contributed by atoms with Crippen LogP contribution in [-0.4, -0.2) is 56.6 Å². The SMILES string of the molecule is CCOc1ccc(N(CC(=O)N(Cc2ccc(C)cc2)[C@@H](C)C(=O)NC2CCCC2)S(C)(=O)=O)cc1. The van der Waals surface area contributed by atoms with Gasteiger partial charge < -0.3 is 15.0 Å². The molecule has 0 aromatic heterocycles. The fourth-order valence-corrected chi connectivity index (χ4v) is 5.20. The van der Waals surface area contributed by atoms with E-state index in [-0.39, 0.29) is 18.5 Å². The first kappa shape index (κ1) is 27.5. The second-order valence-electron chi connectivity index (χ2n) is 9.37. The lowest BCUT2D eigenvalue weighted by Crippen LogP contribution is -2.52. The Morgan fingerprint density at radius 1 is 1.06 bits per heavy atom. The highest BCUT2D eigenvalue weighted by molar-refractivity contribution is 7.92. The second-order valence-corrected chi connectivity index (χ2v) is 11.3. The lowest BCUT2D eigenvalue weighted by atomic mass is 10.1. The van der Waals surface area contributed by atoms with Gasteiger partial charge in [0.15, 0.2) is 0 Å². The Hall–Kier alpha value is -3.07. The molecular formula is C27H37N3O5S. The van der Waals surface area contributed by atoms with Gasteiger partial charge in [0, 0.05) is 12.6 Å². The Bertz CT molecular complexity index is 1130. The summed E-state index contributed by atoms with van der Waals surface area (Å²) in [7, 11) is -3.77. The van der Waals surface area contributed by atoms with E-state index >= 15 is 0 Å². The van der Waals surface area contributed by atoms with Crippen LogP contribution in [-0.2, 0) is 26.2 Å². The molecule has 2 amide bonds. The van der Waals surface area contributed by atoms with Gasteiger partial charge >= 0.3 is 0 Å². The highest BCUT2D eigenvalue weighted by Gasteiger charge is 2.31. The maximum Gasteiger partial charge on any atom is 0.244 e. The van der Waals surface area contributed by atoms with Gasteiger partial charge in [-0.3, -0.25) is 13.9 Å². The molecule has 8 nitrogen and oxygen atoms in total. The van der Waals surface area contributed by atoms with Crippen molar-refractivity contribution in [1.82, 2.24) is 10.2 Å². The Morgan fingerprint density at radius 3 is 2.22 bits per heavy atom. The standard InChI is InChI=1S/C27H37N3O5S/c1-5-35-25-16-14-24(15-17-25)30(36(4,33)34)19-26(31)29(18-22-12-10-20(2)11-13-22)21(3)27(32)28-23-8-6-7-9-23/h10-17,21,23H,5-9,18-19H2,1-4H3,(H,28,32)/t21-/m0/s1. The molecule has 2 aromatic rings. The summed E-state index contributed by atoms with van der Waals surface area (Å²) in [6, 6.07) is 13.6. The zero-order chi connectivity index (χ0) is 26.3. The van der Waals surface area contributed by atoms with E-state index in [0.29, 0.717) is 18.0 Å². The van der Waals surface area contributed by atoms with E-state index in [1.807, 2.05) is 38.1 Å². The number of anilines is 1. The fraction of sp³-hybridized carbons (Fsp3) is 0.481. The molecule has 0 radical (unpaired) electrons. The maximum atomic E-state index is 13.6. The number of amides is 2. The monoisotopic (exact) mass is 515 g/mol. The number of aryl methyl sites for hydroxylation is 1. The minimum absolute atomic E-state index is 0.118. The van der Waals surface area contributed by atoms with Crippen molar-refractivity contribution in [3.05, 3.63) is 59.7 Å². The molecule has 0 bridgehead atoms. The molecule has 1 atom stereocenters. The zero-order valence-electron chi connectivity index (χ0n) is 21.6. The number of ether oxygens (including phenoxy) is 1. The molecule has 36 heavy (non-hydrogen) atoms. The van der Waals surface area contributed by atoms with Crippen molar-refractivity contribution in [2.45, 2.75) is 65.1 Å². The van der Waals surface area contributed by atoms with Gasteiger partial charge in [-0.2, -0.15) is 0 Å². The third-order valence-corrected chi connectivity index (χ3v) is 7.60. The summed E-state index contributed by atoms with van der Waals surface area (Å²) < 4.78 is 31.9. The van der Waals surface area contributed by atoms with E-state index in [4.69, 9.17) is 4.74 Å². The van der Waals surface area contributed by atoms with Gasteiger partial charge in [-0.05, 0) is 63.4 Å². The number of carbonyl (C=O) groups excluding carboxylic acids is 2. The minimum atomic E-state index is -3.77. The number of hydrogen-bond acceptors (Lipinski definition) is 5. The third kappa shape index (κ3) is 7.46. The van der Waals surface area contributed by atoms with E-state index in [9.17, 15) is 18.0 Å². The van der Waals surface area contributed by atoms with Crippen molar-refractivity contribution in [2.75, 3.05) is 23.7 Å². The smallest absolute Gasteiger partial charge is 0.244 e. The number of carbonyl (C=O) groups is 2. The molecule has 1 aliphatic rings. The van der Waals surface area contributed by atoms with Crippen LogP contribution in [0.4, 0.5) is 5.69 Å². The van der Waals surface area contributed by atoms with E-state index in [1.165, 1.54) is 4.90 Å². The summed E-state index contributed by atoms with van der Waals surface area (Å²) in [5, 5.41) is 3.06. The van der Waals surface area contributed by atoms with Crippen LogP contribution in [0.2, 0.25) is 0 Å². The van der Waals surface area contributed by atoms with Gasteiger partial charge in [0.1, 0.15) is 18.3 Å². The Morgan fingerprint density at radius 2 is 1.67 bits per heavy atom. The highest BCUT2D eigenvalue weighted by atomic mass is 32.2. The summed E-state index contributed by atoms with van der Waals surface area (Å²) in [4.78, 5) is 28.2. The van der Waals surface area contributed by atoms with Crippen molar-refractivity contribution in [3.63, 3.8) is 0 Å². The quantitative estimate of drug-likeness (QED) is 0.493. The molecule has 1 fully saturated rings. The van der Waals surface area contributed by atoms with Crippen molar-refractivity contribution >= 4 is 27.5 Å². The number of benzene rings is 2. The molecule has 1 aliphatic carbocycles. The molecular weight excluding hydrogens is 478 g/mol. The van der Waals surface area contributed by atoms with Crippen molar-refractivity contribution in [1.29, 1.82) is 0 Å². The van der Waals surface area contributed by atoms with E-state index < -0.39 is 28.5 Å². The number of nitrogens with zero attached hydrogens (tertiary/aromatic N) is 2. The first-order valence-electron chi connectivity index (χ1n) is 12.4. The van der Waals surface area contributed by atoms with Crippen LogP contribution in [0, 0.1) is 6.92 Å². The first-order valence-corrected chi connectivity index (χ1v) is 14.3. The number of hydrogen-bond donors (Lipinski definition) is 1. The van der Waals surface area contributed by atoms with E-state index in [2.05, 4.69) is 5.32 Å². The summed E-state index contributed by atoms with van der Waals surface area (Å²) in [6.45, 7) is 5.80. The number of nitrogens with one attached hydrogen (secondary N) is 1. The summed E-state index contributed by atoms with van der Waals surface area (Å²) >= 11 is 0. The van der Waals surface area contributed by atoms with Crippen LogP contribution < -0.4 is 14.4 Å². The van der Waals surface area contributed by atoms with Crippen LogP contribution in [0.5, 0.6) is 5.75 Å². The number of rotatable bonds is 11. The fourth-order valence-electron chi connectivity index (χ4n) is 4.35. The molecule has 1 N–H and O–H groups in total. The van der Waals surface area contributed by atoms with Crippen molar-refractivity contribution in [3.8, 4) is 5.75 Å².